The van der Waals surface area contributed by atoms with Gasteiger partial charge in [0.05, 0.1) is 29.9 Å². The summed E-state index contributed by atoms with van der Waals surface area (Å²) in [7, 11) is 0. The second kappa shape index (κ2) is 9.00. The van der Waals surface area contributed by atoms with Gasteiger partial charge in [-0.1, -0.05) is 46.9 Å². The maximum absolute atomic E-state index is 6.35. The Kier molecular flexibility index (Phi) is 5.93. The monoisotopic (exact) mass is 486 g/mol. The normalized spacial score (nSPS) is 16.0. The van der Waals surface area contributed by atoms with Crippen LogP contribution in [0.2, 0.25) is 15.1 Å². The quantitative estimate of drug-likeness (QED) is 0.376. The molecule has 1 N–H and O–H groups in total. The molecular formula is C23H17Cl3N4O2. The molecule has 2 aromatic heterocycles. The molecule has 0 bridgehead atoms. The molecule has 0 radical (unpaired) electrons. The van der Waals surface area contributed by atoms with E-state index >= 15 is 0 Å². The second-order valence-electron chi connectivity index (χ2n) is 7.30. The Labute approximate surface area is 199 Å². The fourth-order valence-electron chi connectivity index (χ4n) is 3.49. The number of hydrogen-bond donors (Lipinski definition) is 1. The smallest absolute Gasteiger partial charge is 0.156 e. The molecule has 162 valence electrons. The van der Waals surface area contributed by atoms with Gasteiger partial charge in [-0.25, -0.2) is 10.00 Å². The van der Waals surface area contributed by atoms with Crippen LogP contribution in [0, 0.1) is 0 Å². The number of aromatic nitrogens is 2. The number of hydroxylamine groups is 1. The van der Waals surface area contributed by atoms with Crippen LogP contribution in [0.5, 0.6) is 11.5 Å². The van der Waals surface area contributed by atoms with Crippen LogP contribution in [0.15, 0.2) is 72.0 Å². The molecule has 5 rings (SSSR count). The van der Waals surface area contributed by atoms with Crippen LogP contribution in [0.4, 0.5) is 0 Å². The van der Waals surface area contributed by atoms with Gasteiger partial charge < -0.3 is 4.74 Å². The molecule has 2 aromatic carbocycles. The van der Waals surface area contributed by atoms with Gasteiger partial charge in [-0.2, -0.15) is 5.10 Å². The Morgan fingerprint density at radius 3 is 2.78 bits per heavy atom. The number of benzene rings is 2. The fraction of sp³-hybridized carbons (Fsp3) is 0.130. The predicted molar refractivity (Wildman–Crippen MR) is 126 cm³/mol. The minimum atomic E-state index is -0.134. The van der Waals surface area contributed by atoms with Gasteiger partial charge in [0.25, 0.3) is 0 Å². The van der Waals surface area contributed by atoms with Crippen molar-refractivity contribution in [2.24, 2.45) is 4.99 Å². The van der Waals surface area contributed by atoms with Gasteiger partial charge in [0.2, 0.25) is 0 Å². The number of pyridine rings is 1. The third kappa shape index (κ3) is 4.54. The zero-order valence-corrected chi connectivity index (χ0v) is 18.9. The predicted octanol–water partition coefficient (Wildman–Crippen LogP) is 5.98. The zero-order chi connectivity index (χ0) is 22.1. The van der Waals surface area contributed by atoms with E-state index in [9.17, 15) is 0 Å². The molecule has 0 aliphatic carbocycles. The minimum absolute atomic E-state index is 0.134. The summed E-state index contributed by atoms with van der Waals surface area (Å²) >= 11 is 18.5. The van der Waals surface area contributed by atoms with Gasteiger partial charge >= 0.3 is 0 Å². The molecule has 6 nitrogen and oxygen atoms in total. The molecule has 0 spiro atoms. The number of nitrogens with zero attached hydrogens (tertiary/aromatic N) is 3. The van der Waals surface area contributed by atoms with Crippen molar-refractivity contribution in [2.45, 2.75) is 12.5 Å². The number of rotatable bonds is 5. The molecule has 0 fully saturated rings. The van der Waals surface area contributed by atoms with Gasteiger partial charge in [0, 0.05) is 21.3 Å². The molecular weight excluding hydrogens is 471 g/mol. The first-order valence-electron chi connectivity index (χ1n) is 9.86. The third-order valence-corrected chi connectivity index (χ3v) is 5.83. The van der Waals surface area contributed by atoms with E-state index in [1.807, 2.05) is 36.4 Å². The molecule has 3 heterocycles. The van der Waals surface area contributed by atoms with Crippen molar-refractivity contribution >= 4 is 46.2 Å². The van der Waals surface area contributed by atoms with Crippen LogP contribution < -0.4 is 10.2 Å². The van der Waals surface area contributed by atoms with Crippen LogP contribution >= 0.6 is 34.8 Å². The summed E-state index contributed by atoms with van der Waals surface area (Å²) in [6, 6.07) is 16.4. The summed E-state index contributed by atoms with van der Waals surface area (Å²) < 4.78 is 7.88. The van der Waals surface area contributed by atoms with Crippen molar-refractivity contribution < 1.29 is 9.57 Å². The Morgan fingerprint density at radius 1 is 1.06 bits per heavy atom. The van der Waals surface area contributed by atoms with E-state index in [1.54, 1.807) is 35.1 Å². The average Bonchev–Trinajstić information content (AvgIpc) is 3.23. The molecule has 0 saturated heterocycles. The number of aliphatic imine (C=N–C) groups is 1. The molecule has 4 aromatic rings. The highest BCUT2D eigenvalue weighted by Crippen LogP contribution is 2.30. The van der Waals surface area contributed by atoms with Gasteiger partial charge in [0.1, 0.15) is 5.75 Å². The standard InChI is InChI=1S/C23H17Cl3N4O2/c24-15-2-1-3-19(9-15)32-22-12-30-18(6-7-27-30)11-20(22)23-28-17(13-31-29-23)8-14-4-5-16(25)10-21(14)26/h1-7,9-12,17H,8,13H2,(H,28,29)/t17-/m1/s1. The van der Waals surface area contributed by atoms with E-state index < -0.39 is 0 Å². The lowest BCUT2D eigenvalue weighted by Crippen LogP contribution is -2.36. The lowest BCUT2D eigenvalue weighted by Gasteiger charge is -2.23. The highest BCUT2D eigenvalue weighted by atomic mass is 35.5. The number of nitrogens with one attached hydrogen (secondary N) is 1. The van der Waals surface area contributed by atoms with Gasteiger partial charge in [-0.05, 0) is 54.4 Å². The van der Waals surface area contributed by atoms with Crippen LogP contribution in [0.3, 0.4) is 0 Å². The summed E-state index contributed by atoms with van der Waals surface area (Å²) in [4.78, 5) is 10.5. The van der Waals surface area contributed by atoms with E-state index in [4.69, 9.17) is 49.4 Å². The third-order valence-electron chi connectivity index (χ3n) is 5.00. The second-order valence-corrected chi connectivity index (χ2v) is 8.58. The molecule has 0 amide bonds. The summed E-state index contributed by atoms with van der Waals surface area (Å²) in [5, 5.41) is 6.10. The van der Waals surface area contributed by atoms with Gasteiger partial charge in [0.15, 0.2) is 11.6 Å². The molecule has 1 aliphatic heterocycles. The fourth-order valence-corrected chi connectivity index (χ4v) is 4.16. The zero-order valence-electron chi connectivity index (χ0n) is 16.6. The maximum Gasteiger partial charge on any atom is 0.156 e. The van der Waals surface area contributed by atoms with Crippen LogP contribution in [-0.2, 0) is 11.3 Å². The van der Waals surface area contributed by atoms with Gasteiger partial charge in [-0.15, -0.1) is 0 Å². The van der Waals surface area contributed by atoms with Crippen molar-refractivity contribution in [3.63, 3.8) is 0 Å². The summed E-state index contributed by atoms with van der Waals surface area (Å²) in [5.74, 6) is 1.72. The molecule has 1 atom stereocenters. The highest BCUT2D eigenvalue weighted by molar-refractivity contribution is 6.35. The van der Waals surface area contributed by atoms with Crippen molar-refractivity contribution in [2.75, 3.05) is 6.61 Å². The maximum atomic E-state index is 6.35. The molecule has 1 aliphatic rings. The van der Waals surface area contributed by atoms with Gasteiger partial charge in [-0.3, -0.25) is 9.83 Å². The lowest BCUT2D eigenvalue weighted by molar-refractivity contribution is 0.0623. The summed E-state index contributed by atoms with van der Waals surface area (Å²) in [6.45, 7) is 0.405. The number of hydrogen-bond acceptors (Lipinski definition) is 5. The minimum Gasteiger partial charge on any atom is -0.455 e. The lowest BCUT2D eigenvalue weighted by atomic mass is 10.1. The first kappa shape index (κ1) is 21.1. The SMILES string of the molecule is Clc1cccc(Oc2cn3nccc3cc2C2=N[C@H](Cc3ccc(Cl)cc3Cl)CON2)c1. The highest BCUT2D eigenvalue weighted by Gasteiger charge is 2.22. The Balaban J connectivity index is 1.50. The number of halogens is 3. The summed E-state index contributed by atoms with van der Waals surface area (Å²) in [5.41, 5.74) is 5.52. The van der Waals surface area contributed by atoms with Crippen molar-refractivity contribution in [3.05, 3.63) is 93.2 Å². The van der Waals surface area contributed by atoms with Crippen LogP contribution in [0.25, 0.3) is 5.52 Å². The average molecular weight is 488 g/mol. The number of amidine groups is 1. The van der Waals surface area contributed by atoms with Crippen LogP contribution in [-0.4, -0.2) is 28.1 Å². The van der Waals surface area contributed by atoms with Crippen molar-refractivity contribution in [1.82, 2.24) is 15.1 Å². The van der Waals surface area contributed by atoms with E-state index in [-0.39, 0.29) is 6.04 Å². The Bertz CT molecular complexity index is 1320. The Hall–Kier alpha value is -2.77. The van der Waals surface area contributed by atoms with E-state index in [0.29, 0.717) is 45.4 Å². The van der Waals surface area contributed by atoms with Crippen LogP contribution in [0.1, 0.15) is 11.1 Å². The number of fused-ring (bicyclic) bond motifs is 1. The molecule has 9 heteroatoms. The molecule has 0 saturated carbocycles. The largest absolute Gasteiger partial charge is 0.455 e. The van der Waals surface area contributed by atoms with E-state index in [0.717, 1.165) is 16.6 Å². The number of ether oxygens (including phenoxy) is 1. The van der Waals surface area contributed by atoms with Crippen molar-refractivity contribution in [1.29, 1.82) is 0 Å². The van der Waals surface area contributed by atoms with Crippen molar-refractivity contribution in [3.8, 4) is 11.5 Å². The first-order chi connectivity index (χ1) is 15.5. The molecule has 32 heavy (non-hydrogen) atoms. The topological polar surface area (TPSA) is 60.2 Å². The summed E-state index contributed by atoms with van der Waals surface area (Å²) in [6.07, 6.45) is 4.14. The van der Waals surface area contributed by atoms with E-state index in [2.05, 4.69) is 10.6 Å². The first-order valence-corrected chi connectivity index (χ1v) is 11.0. The van der Waals surface area contributed by atoms with E-state index in [1.165, 1.54) is 0 Å². The Morgan fingerprint density at radius 2 is 1.94 bits per heavy atom. The molecule has 0 unspecified atom stereocenters.